The minimum atomic E-state index is -0.969. The van der Waals surface area contributed by atoms with E-state index in [2.05, 4.69) is 0 Å². The molecule has 0 aliphatic carbocycles. The molecule has 0 saturated heterocycles. The third-order valence-corrected chi connectivity index (χ3v) is 3.52. The van der Waals surface area contributed by atoms with Crippen LogP contribution < -0.4 is 21.8 Å². The van der Waals surface area contributed by atoms with Crippen LogP contribution in [-0.2, 0) is 11.3 Å². The summed E-state index contributed by atoms with van der Waals surface area (Å²) in [5, 5.41) is 0. The number of amides is 1. The standard InChI is InChI=1S/C16H19N3O3/c1-10-8-19(9-11-3-5-12(22-2)6-4-11)14(20)7-13(10)15(17)16(18)21/h3-8,15H,9,17H2,1-2H3,(H2,18,21). The highest BCUT2D eigenvalue weighted by Gasteiger charge is 2.16. The van der Waals surface area contributed by atoms with Gasteiger partial charge in [-0.15, -0.1) is 0 Å². The number of aryl methyl sites for hydroxylation is 1. The first-order valence-electron chi connectivity index (χ1n) is 6.81. The zero-order valence-electron chi connectivity index (χ0n) is 12.6. The Morgan fingerprint density at radius 3 is 2.50 bits per heavy atom. The van der Waals surface area contributed by atoms with Crippen LogP contribution in [0.2, 0.25) is 0 Å². The Morgan fingerprint density at radius 2 is 1.95 bits per heavy atom. The molecule has 1 unspecified atom stereocenters. The van der Waals surface area contributed by atoms with E-state index in [0.717, 1.165) is 16.9 Å². The van der Waals surface area contributed by atoms with Gasteiger partial charge in [0, 0.05) is 12.3 Å². The third kappa shape index (κ3) is 3.35. The molecule has 0 fully saturated rings. The van der Waals surface area contributed by atoms with Crippen LogP contribution in [0.5, 0.6) is 5.75 Å². The molecule has 0 saturated carbocycles. The van der Waals surface area contributed by atoms with Crippen LogP contribution in [0.3, 0.4) is 0 Å². The minimum absolute atomic E-state index is 0.229. The summed E-state index contributed by atoms with van der Waals surface area (Å²) in [6.45, 7) is 2.22. The van der Waals surface area contributed by atoms with Crippen LogP contribution >= 0.6 is 0 Å². The third-order valence-electron chi connectivity index (χ3n) is 3.52. The SMILES string of the molecule is COc1ccc(Cn2cc(C)c(C(N)C(N)=O)cc2=O)cc1. The lowest BCUT2D eigenvalue weighted by Crippen LogP contribution is -2.31. The van der Waals surface area contributed by atoms with Crippen LogP contribution in [0.15, 0.2) is 41.3 Å². The first kappa shape index (κ1) is 15.8. The Balaban J connectivity index is 2.30. The molecule has 1 aromatic carbocycles. The second kappa shape index (κ2) is 6.44. The number of aromatic nitrogens is 1. The average molecular weight is 301 g/mol. The van der Waals surface area contributed by atoms with Gasteiger partial charge in [0.2, 0.25) is 5.91 Å². The predicted molar refractivity (Wildman–Crippen MR) is 83.7 cm³/mol. The fraction of sp³-hybridized carbons (Fsp3) is 0.250. The second-order valence-corrected chi connectivity index (χ2v) is 5.11. The predicted octanol–water partition coefficient (Wildman–Crippen LogP) is 0.699. The van der Waals surface area contributed by atoms with Crippen molar-refractivity contribution in [3.05, 3.63) is 63.6 Å². The quantitative estimate of drug-likeness (QED) is 0.849. The largest absolute Gasteiger partial charge is 0.497 e. The summed E-state index contributed by atoms with van der Waals surface area (Å²) < 4.78 is 6.66. The number of carbonyl (C=O) groups is 1. The zero-order chi connectivity index (χ0) is 16.3. The summed E-state index contributed by atoms with van der Waals surface area (Å²) in [5.74, 6) is 0.102. The van der Waals surface area contributed by atoms with Crippen molar-refractivity contribution in [2.75, 3.05) is 7.11 Å². The molecule has 22 heavy (non-hydrogen) atoms. The number of nitrogens with zero attached hydrogens (tertiary/aromatic N) is 1. The van der Waals surface area contributed by atoms with E-state index < -0.39 is 11.9 Å². The fourth-order valence-electron chi connectivity index (χ4n) is 2.24. The highest BCUT2D eigenvalue weighted by Crippen LogP contribution is 2.15. The molecule has 6 heteroatoms. The van der Waals surface area contributed by atoms with Crippen LogP contribution in [0.1, 0.15) is 22.7 Å². The summed E-state index contributed by atoms with van der Waals surface area (Å²) >= 11 is 0. The van der Waals surface area contributed by atoms with Gasteiger partial charge in [0.05, 0.1) is 13.7 Å². The Hall–Kier alpha value is -2.60. The molecule has 0 aliphatic rings. The van der Waals surface area contributed by atoms with Crippen LogP contribution in [0.4, 0.5) is 0 Å². The van der Waals surface area contributed by atoms with E-state index in [1.807, 2.05) is 24.3 Å². The van der Waals surface area contributed by atoms with Gasteiger partial charge in [-0.25, -0.2) is 0 Å². The van der Waals surface area contributed by atoms with Crippen LogP contribution in [0.25, 0.3) is 0 Å². The maximum absolute atomic E-state index is 12.2. The van der Waals surface area contributed by atoms with Crippen molar-refractivity contribution in [1.82, 2.24) is 4.57 Å². The van der Waals surface area contributed by atoms with E-state index in [4.69, 9.17) is 16.2 Å². The van der Waals surface area contributed by atoms with Crippen molar-refractivity contribution in [2.45, 2.75) is 19.5 Å². The lowest BCUT2D eigenvalue weighted by molar-refractivity contribution is -0.119. The zero-order valence-corrected chi connectivity index (χ0v) is 12.6. The molecule has 4 N–H and O–H groups in total. The topological polar surface area (TPSA) is 100 Å². The van der Waals surface area contributed by atoms with Crippen molar-refractivity contribution >= 4 is 5.91 Å². The van der Waals surface area contributed by atoms with Gasteiger partial charge in [0.15, 0.2) is 0 Å². The van der Waals surface area contributed by atoms with Crippen molar-refractivity contribution < 1.29 is 9.53 Å². The molecule has 0 bridgehead atoms. The lowest BCUT2D eigenvalue weighted by atomic mass is 10.0. The summed E-state index contributed by atoms with van der Waals surface area (Å²) in [6, 6.07) is 7.86. The fourth-order valence-corrected chi connectivity index (χ4v) is 2.24. The molecule has 2 rings (SSSR count). The van der Waals surface area contributed by atoms with Gasteiger partial charge in [-0.1, -0.05) is 12.1 Å². The van der Waals surface area contributed by atoms with Gasteiger partial charge in [0.1, 0.15) is 11.8 Å². The lowest BCUT2D eigenvalue weighted by Gasteiger charge is -2.14. The van der Waals surface area contributed by atoms with Crippen LogP contribution in [-0.4, -0.2) is 17.6 Å². The van der Waals surface area contributed by atoms with Gasteiger partial charge in [-0.3, -0.25) is 9.59 Å². The molecule has 1 atom stereocenters. The first-order valence-corrected chi connectivity index (χ1v) is 6.81. The van der Waals surface area contributed by atoms with Crippen LogP contribution in [0, 0.1) is 6.92 Å². The number of methoxy groups -OCH3 is 1. The number of benzene rings is 1. The number of hydrogen-bond acceptors (Lipinski definition) is 4. The molecule has 6 nitrogen and oxygen atoms in total. The number of nitrogens with two attached hydrogens (primary N) is 2. The number of ether oxygens (including phenoxy) is 1. The van der Waals surface area contributed by atoms with E-state index in [0.29, 0.717) is 12.1 Å². The van der Waals surface area contributed by atoms with E-state index in [-0.39, 0.29) is 5.56 Å². The molecule has 0 radical (unpaired) electrons. The Kier molecular flexibility index (Phi) is 4.62. The van der Waals surface area contributed by atoms with E-state index in [9.17, 15) is 9.59 Å². The maximum atomic E-state index is 12.2. The number of primary amides is 1. The molecule has 1 heterocycles. The molecule has 2 aromatic rings. The van der Waals surface area contributed by atoms with E-state index in [1.165, 1.54) is 6.07 Å². The highest BCUT2D eigenvalue weighted by molar-refractivity contribution is 5.81. The van der Waals surface area contributed by atoms with Gasteiger partial charge in [-0.2, -0.15) is 0 Å². The molecule has 0 aliphatic heterocycles. The van der Waals surface area contributed by atoms with E-state index in [1.54, 1.807) is 24.8 Å². The maximum Gasteiger partial charge on any atom is 0.251 e. The Labute approximate surface area is 128 Å². The normalized spacial score (nSPS) is 12.0. The Bertz CT molecular complexity index is 735. The Morgan fingerprint density at radius 1 is 1.32 bits per heavy atom. The van der Waals surface area contributed by atoms with Crippen molar-refractivity contribution in [3.63, 3.8) is 0 Å². The van der Waals surface area contributed by atoms with Crippen molar-refractivity contribution in [1.29, 1.82) is 0 Å². The van der Waals surface area contributed by atoms with Crippen molar-refractivity contribution in [3.8, 4) is 5.75 Å². The molecule has 116 valence electrons. The number of rotatable bonds is 5. The monoisotopic (exact) mass is 301 g/mol. The van der Waals surface area contributed by atoms with E-state index >= 15 is 0 Å². The highest BCUT2D eigenvalue weighted by atomic mass is 16.5. The molecular formula is C16H19N3O3. The van der Waals surface area contributed by atoms with Gasteiger partial charge in [0.25, 0.3) is 5.56 Å². The summed E-state index contributed by atoms with van der Waals surface area (Å²) in [7, 11) is 1.60. The average Bonchev–Trinajstić information content (AvgIpc) is 2.50. The first-order chi connectivity index (χ1) is 10.4. The molecular weight excluding hydrogens is 282 g/mol. The van der Waals surface area contributed by atoms with Gasteiger partial charge >= 0.3 is 0 Å². The summed E-state index contributed by atoms with van der Waals surface area (Å²) in [5.41, 5.74) is 12.8. The molecule has 0 spiro atoms. The van der Waals surface area contributed by atoms with Gasteiger partial charge < -0.3 is 20.8 Å². The second-order valence-electron chi connectivity index (χ2n) is 5.11. The minimum Gasteiger partial charge on any atom is -0.497 e. The summed E-state index contributed by atoms with van der Waals surface area (Å²) in [4.78, 5) is 23.4. The van der Waals surface area contributed by atoms with Gasteiger partial charge in [-0.05, 0) is 35.7 Å². The molecule has 1 amide bonds. The number of pyridine rings is 1. The van der Waals surface area contributed by atoms with Crippen molar-refractivity contribution in [2.24, 2.45) is 11.5 Å². The summed E-state index contributed by atoms with van der Waals surface area (Å²) in [6.07, 6.45) is 1.69. The number of hydrogen-bond donors (Lipinski definition) is 2. The molecule has 1 aromatic heterocycles. The number of carbonyl (C=O) groups excluding carboxylic acids is 1. The smallest absolute Gasteiger partial charge is 0.251 e.